The molecule has 0 saturated carbocycles. The van der Waals surface area contributed by atoms with Gasteiger partial charge in [0.05, 0.1) is 12.2 Å². The first-order valence-electron chi connectivity index (χ1n) is 8.00. The maximum atomic E-state index is 11.3. The van der Waals surface area contributed by atoms with Crippen molar-refractivity contribution >= 4 is 5.97 Å². The van der Waals surface area contributed by atoms with Gasteiger partial charge < -0.3 is 9.52 Å². The Balaban J connectivity index is 1.72. The molecule has 2 heterocycles. The fourth-order valence-corrected chi connectivity index (χ4v) is 3.33. The smallest absolute Gasteiger partial charge is 0.372 e. The monoisotopic (exact) mass is 322 g/mol. The molecule has 0 unspecified atom stereocenters. The van der Waals surface area contributed by atoms with E-state index in [0.717, 1.165) is 29.0 Å². The number of nitrogens with zero attached hydrogens (tertiary/aromatic N) is 2. The molecule has 122 valence electrons. The lowest BCUT2D eigenvalue weighted by Gasteiger charge is -2.09. The van der Waals surface area contributed by atoms with E-state index in [2.05, 4.69) is 37.4 Å². The molecular weight excluding hydrogens is 304 g/mol. The zero-order chi connectivity index (χ0) is 16.8. The Morgan fingerprint density at radius 1 is 1.25 bits per heavy atom. The maximum absolute atomic E-state index is 11.3. The van der Waals surface area contributed by atoms with E-state index in [4.69, 9.17) is 9.52 Å². The van der Waals surface area contributed by atoms with Gasteiger partial charge in [0, 0.05) is 23.7 Å². The molecule has 4 rings (SSSR count). The number of aromatic carboxylic acids is 1. The molecule has 0 atom stereocenters. The van der Waals surface area contributed by atoms with E-state index in [9.17, 15) is 9.90 Å². The van der Waals surface area contributed by atoms with E-state index in [0.29, 0.717) is 18.5 Å². The van der Waals surface area contributed by atoms with Crippen LogP contribution in [0.25, 0.3) is 11.3 Å². The molecule has 0 radical (unpaired) electrons. The predicted molar refractivity (Wildman–Crippen MR) is 89.3 cm³/mol. The van der Waals surface area contributed by atoms with Gasteiger partial charge >= 0.3 is 5.97 Å². The number of benzene rings is 1. The summed E-state index contributed by atoms with van der Waals surface area (Å²) in [5.74, 6) is -0.263. The average molecular weight is 322 g/mol. The van der Waals surface area contributed by atoms with E-state index < -0.39 is 5.97 Å². The molecule has 0 aliphatic heterocycles. The summed E-state index contributed by atoms with van der Waals surface area (Å²) in [5, 5.41) is 14.0. The molecule has 1 aliphatic carbocycles. The maximum Gasteiger partial charge on any atom is 0.372 e. The van der Waals surface area contributed by atoms with Crippen LogP contribution >= 0.6 is 0 Å². The Bertz CT molecular complexity index is 932. The second-order valence-electron chi connectivity index (χ2n) is 6.35. The van der Waals surface area contributed by atoms with Crippen molar-refractivity contribution in [1.82, 2.24) is 9.78 Å². The highest BCUT2D eigenvalue weighted by atomic mass is 16.4. The lowest BCUT2D eigenvalue weighted by Crippen LogP contribution is -2.01. The van der Waals surface area contributed by atoms with E-state index in [1.807, 2.05) is 4.68 Å². The molecule has 0 bridgehead atoms. The van der Waals surface area contributed by atoms with Gasteiger partial charge in [0.25, 0.3) is 0 Å². The van der Waals surface area contributed by atoms with Crippen molar-refractivity contribution in [2.24, 2.45) is 0 Å². The molecule has 0 spiro atoms. The highest BCUT2D eigenvalue weighted by Crippen LogP contribution is 2.38. The first-order chi connectivity index (χ1) is 11.5. The highest BCUT2D eigenvalue weighted by molar-refractivity contribution is 5.90. The van der Waals surface area contributed by atoms with E-state index >= 15 is 0 Å². The fourth-order valence-electron chi connectivity index (χ4n) is 3.33. The molecule has 3 aromatic rings. The third-order valence-corrected chi connectivity index (χ3v) is 4.57. The molecule has 5 heteroatoms. The fraction of sp³-hybridized carbons (Fsp3) is 0.263. The summed E-state index contributed by atoms with van der Waals surface area (Å²) in [6.07, 6.45) is 3.60. The lowest BCUT2D eigenvalue weighted by molar-refractivity contribution is 0.0659. The van der Waals surface area contributed by atoms with Gasteiger partial charge in [-0.15, -0.1) is 0 Å². The van der Waals surface area contributed by atoms with E-state index in [1.54, 1.807) is 6.92 Å². The number of aryl methyl sites for hydroxylation is 3. The van der Waals surface area contributed by atoms with Gasteiger partial charge in [-0.05, 0) is 31.4 Å². The number of hydrogen-bond acceptors (Lipinski definition) is 3. The zero-order valence-electron chi connectivity index (χ0n) is 13.7. The molecule has 1 aliphatic rings. The van der Waals surface area contributed by atoms with Crippen LogP contribution in [0.4, 0.5) is 0 Å². The van der Waals surface area contributed by atoms with Crippen LogP contribution in [-0.2, 0) is 19.4 Å². The predicted octanol–water partition coefficient (Wildman–Crippen LogP) is 3.61. The van der Waals surface area contributed by atoms with Gasteiger partial charge in [-0.2, -0.15) is 5.10 Å². The first-order valence-corrected chi connectivity index (χ1v) is 8.00. The minimum Gasteiger partial charge on any atom is -0.475 e. The normalized spacial score (nSPS) is 12.8. The van der Waals surface area contributed by atoms with Gasteiger partial charge in [0.1, 0.15) is 5.76 Å². The third kappa shape index (κ3) is 2.33. The molecule has 0 amide bonds. The van der Waals surface area contributed by atoms with Gasteiger partial charge in [-0.1, -0.05) is 29.8 Å². The zero-order valence-corrected chi connectivity index (χ0v) is 13.7. The van der Waals surface area contributed by atoms with Crippen LogP contribution in [0.1, 0.15) is 38.6 Å². The average Bonchev–Trinajstić information content (AvgIpc) is 3.10. The largest absolute Gasteiger partial charge is 0.475 e. The third-order valence-electron chi connectivity index (χ3n) is 4.57. The van der Waals surface area contributed by atoms with Gasteiger partial charge in [-0.25, -0.2) is 4.79 Å². The first kappa shape index (κ1) is 14.8. The van der Waals surface area contributed by atoms with Crippen LogP contribution < -0.4 is 0 Å². The summed E-state index contributed by atoms with van der Waals surface area (Å²) in [4.78, 5) is 11.3. The van der Waals surface area contributed by atoms with Gasteiger partial charge in [0.15, 0.2) is 0 Å². The minimum absolute atomic E-state index is 0.0286. The number of carboxylic acid groups (broad SMARTS) is 1. The Kier molecular flexibility index (Phi) is 3.30. The summed E-state index contributed by atoms with van der Waals surface area (Å²) in [6.45, 7) is 4.56. The van der Waals surface area contributed by atoms with Crippen molar-refractivity contribution in [2.45, 2.75) is 33.2 Å². The number of hydrogen-bond donors (Lipinski definition) is 1. The SMILES string of the molecule is Cc1ccc(Cn2cc3c(n2)-c2c(oc(C(=O)O)c2C)CC3)cc1. The molecular formula is C19H18N2O3. The lowest BCUT2D eigenvalue weighted by atomic mass is 9.94. The van der Waals surface area contributed by atoms with E-state index in [1.165, 1.54) is 11.1 Å². The van der Waals surface area contributed by atoms with Crippen molar-refractivity contribution in [3.63, 3.8) is 0 Å². The summed E-state index contributed by atoms with van der Waals surface area (Å²) >= 11 is 0. The number of fused-ring (bicyclic) bond motifs is 3. The van der Waals surface area contributed by atoms with Crippen molar-refractivity contribution < 1.29 is 14.3 Å². The van der Waals surface area contributed by atoms with E-state index in [-0.39, 0.29) is 5.76 Å². The second kappa shape index (κ2) is 5.37. The Labute approximate surface area is 139 Å². The van der Waals surface area contributed by atoms with Crippen molar-refractivity contribution in [2.75, 3.05) is 0 Å². The van der Waals surface area contributed by atoms with Crippen molar-refractivity contribution in [3.05, 3.63) is 64.2 Å². The van der Waals surface area contributed by atoms with Crippen LogP contribution in [0.3, 0.4) is 0 Å². The van der Waals surface area contributed by atoms with Crippen LogP contribution in [0.2, 0.25) is 0 Å². The van der Waals surface area contributed by atoms with Crippen LogP contribution in [0, 0.1) is 13.8 Å². The quantitative estimate of drug-likeness (QED) is 0.800. The van der Waals surface area contributed by atoms with Crippen LogP contribution in [0.5, 0.6) is 0 Å². The summed E-state index contributed by atoms with van der Waals surface area (Å²) in [7, 11) is 0. The molecule has 1 aromatic carbocycles. The van der Waals surface area contributed by atoms with Crippen LogP contribution in [-0.4, -0.2) is 20.9 Å². The standard InChI is InChI=1S/C19H18N2O3/c1-11-3-5-13(6-4-11)9-21-10-14-7-8-15-16(17(14)20-21)12(2)18(24-15)19(22)23/h3-6,10H,7-9H2,1-2H3,(H,22,23). The number of furan rings is 1. The Morgan fingerprint density at radius 3 is 2.71 bits per heavy atom. The number of rotatable bonds is 3. The molecule has 5 nitrogen and oxygen atoms in total. The summed E-state index contributed by atoms with van der Waals surface area (Å²) in [6, 6.07) is 8.40. The molecule has 24 heavy (non-hydrogen) atoms. The van der Waals surface area contributed by atoms with Crippen LogP contribution in [0.15, 0.2) is 34.9 Å². The highest BCUT2D eigenvalue weighted by Gasteiger charge is 2.29. The van der Waals surface area contributed by atoms with Crippen molar-refractivity contribution in [3.8, 4) is 11.3 Å². The molecule has 1 N–H and O–H groups in total. The number of carbonyl (C=O) groups is 1. The molecule has 0 saturated heterocycles. The number of carboxylic acids is 1. The minimum atomic E-state index is -1.03. The van der Waals surface area contributed by atoms with Gasteiger partial charge in [0.2, 0.25) is 5.76 Å². The molecule has 0 fully saturated rings. The number of aromatic nitrogens is 2. The van der Waals surface area contributed by atoms with Gasteiger partial charge in [-0.3, -0.25) is 4.68 Å². The second-order valence-corrected chi connectivity index (χ2v) is 6.35. The van der Waals surface area contributed by atoms with Crippen molar-refractivity contribution in [1.29, 1.82) is 0 Å². The molecule has 2 aromatic heterocycles. The Hall–Kier alpha value is -2.82. The summed E-state index contributed by atoms with van der Waals surface area (Å²) in [5.41, 5.74) is 5.96. The Morgan fingerprint density at radius 2 is 2.00 bits per heavy atom. The summed E-state index contributed by atoms with van der Waals surface area (Å²) < 4.78 is 7.47. The topological polar surface area (TPSA) is 68.3 Å².